The Morgan fingerprint density at radius 3 is 2.45 bits per heavy atom. The highest BCUT2D eigenvalue weighted by Crippen LogP contribution is 2.04. The van der Waals surface area contributed by atoms with Crippen LogP contribution in [0.2, 0.25) is 0 Å². The van der Waals surface area contributed by atoms with Gasteiger partial charge in [0, 0.05) is 5.71 Å². The van der Waals surface area contributed by atoms with Gasteiger partial charge in [0.25, 0.3) is 0 Å². The number of hydrogen-bond donors (Lipinski definition) is 1. The van der Waals surface area contributed by atoms with Gasteiger partial charge in [-0.25, -0.2) is 0 Å². The van der Waals surface area contributed by atoms with Gasteiger partial charge in [-0.1, -0.05) is 5.57 Å². The number of nitrogens with two attached hydrogens (primary N) is 1. The zero-order valence-corrected chi connectivity index (χ0v) is 7.56. The highest BCUT2D eigenvalue weighted by molar-refractivity contribution is 5.81. The smallest absolute Gasteiger partial charge is 0.0858 e. The van der Waals surface area contributed by atoms with Crippen LogP contribution in [0.4, 0.5) is 0 Å². The molecule has 0 aliphatic carbocycles. The minimum atomic E-state index is 0.416. The number of rotatable bonds is 5. The molecule has 0 rings (SSSR count). The minimum absolute atomic E-state index is 0.416. The van der Waals surface area contributed by atoms with Crippen LogP contribution in [-0.4, -0.2) is 12.4 Å². The van der Waals surface area contributed by atoms with Crippen molar-refractivity contribution in [3.63, 3.8) is 0 Å². The van der Waals surface area contributed by atoms with Crippen molar-refractivity contribution in [2.24, 2.45) is 10.7 Å². The number of hydrogen-bond acceptors (Lipinski definition) is 2. The predicted octanol–water partition coefficient (Wildman–Crippen LogP) is 2.11. The van der Waals surface area contributed by atoms with Crippen LogP contribution < -0.4 is 5.73 Å². The van der Waals surface area contributed by atoms with E-state index in [4.69, 9.17) is 5.73 Å². The van der Waals surface area contributed by atoms with Gasteiger partial charge in [0.1, 0.15) is 0 Å². The van der Waals surface area contributed by atoms with Crippen LogP contribution in [0.25, 0.3) is 0 Å². The van der Waals surface area contributed by atoms with E-state index in [1.165, 1.54) is 5.57 Å². The van der Waals surface area contributed by atoms with Crippen molar-refractivity contribution in [3.8, 4) is 0 Å². The second kappa shape index (κ2) is 6.10. The quantitative estimate of drug-likeness (QED) is 0.478. The van der Waals surface area contributed by atoms with Crippen molar-refractivity contribution >= 4 is 5.71 Å². The molecule has 0 fully saturated rings. The van der Waals surface area contributed by atoms with Crippen molar-refractivity contribution in [2.45, 2.75) is 33.1 Å². The van der Waals surface area contributed by atoms with Gasteiger partial charge in [0.2, 0.25) is 0 Å². The molecule has 0 unspecified atom stereocenters. The molecule has 0 aromatic carbocycles. The molecule has 0 radical (unpaired) electrons. The van der Waals surface area contributed by atoms with Crippen molar-refractivity contribution in [1.82, 2.24) is 0 Å². The SMILES string of the molecule is C=C(C)CCC/C(C)=N/CN. The average molecular weight is 154 g/mol. The van der Waals surface area contributed by atoms with E-state index in [1.54, 1.807) is 0 Å². The second-order valence-electron chi connectivity index (χ2n) is 2.89. The third-order valence-electron chi connectivity index (χ3n) is 1.50. The molecule has 0 bridgehead atoms. The van der Waals surface area contributed by atoms with E-state index in [0.717, 1.165) is 25.0 Å². The molecule has 0 saturated carbocycles. The summed E-state index contributed by atoms with van der Waals surface area (Å²) in [4.78, 5) is 4.09. The van der Waals surface area contributed by atoms with Crippen LogP contribution in [-0.2, 0) is 0 Å². The first-order valence-electron chi connectivity index (χ1n) is 4.01. The van der Waals surface area contributed by atoms with E-state index < -0.39 is 0 Å². The van der Waals surface area contributed by atoms with E-state index in [0.29, 0.717) is 6.67 Å². The van der Waals surface area contributed by atoms with E-state index >= 15 is 0 Å². The molecule has 0 amide bonds. The Morgan fingerprint density at radius 2 is 2.00 bits per heavy atom. The van der Waals surface area contributed by atoms with Crippen LogP contribution in [0.5, 0.6) is 0 Å². The van der Waals surface area contributed by atoms with Gasteiger partial charge in [0.15, 0.2) is 0 Å². The monoisotopic (exact) mass is 154 g/mol. The lowest BCUT2D eigenvalue weighted by Gasteiger charge is -1.99. The molecule has 11 heavy (non-hydrogen) atoms. The summed E-state index contributed by atoms with van der Waals surface area (Å²) in [6, 6.07) is 0. The summed E-state index contributed by atoms with van der Waals surface area (Å²) in [5, 5.41) is 0. The van der Waals surface area contributed by atoms with Crippen molar-refractivity contribution in [1.29, 1.82) is 0 Å². The molecule has 0 spiro atoms. The molecule has 0 atom stereocenters. The third kappa shape index (κ3) is 7.26. The van der Waals surface area contributed by atoms with Crippen LogP contribution >= 0.6 is 0 Å². The lowest BCUT2D eigenvalue weighted by atomic mass is 10.1. The van der Waals surface area contributed by atoms with Crippen LogP contribution in [0.1, 0.15) is 33.1 Å². The Hall–Kier alpha value is -0.630. The molecule has 0 aromatic heterocycles. The molecule has 2 N–H and O–H groups in total. The predicted molar refractivity (Wildman–Crippen MR) is 50.8 cm³/mol. The number of allylic oxidation sites excluding steroid dienone is 1. The van der Waals surface area contributed by atoms with E-state index in [-0.39, 0.29) is 0 Å². The first kappa shape index (κ1) is 10.4. The summed E-state index contributed by atoms with van der Waals surface area (Å²) < 4.78 is 0. The molecule has 0 aliphatic rings. The lowest BCUT2D eigenvalue weighted by molar-refractivity contribution is 0.849. The molecule has 64 valence electrons. The molecule has 2 nitrogen and oxygen atoms in total. The Balaban J connectivity index is 3.38. The Bertz CT molecular complexity index is 148. The maximum absolute atomic E-state index is 5.26. The van der Waals surface area contributed by atoms with Crippen molar-refractivity contribution < 1.29 is 0 Å². The zero-order valence-electron chi connectivity index (χ0n) is 7.56. The third-order valence-corrected chi connectivity index (χ3v) is 1.50. The molecule has 0 heterocycles. The Labute approximate surface area is 69.2 Å². The van der Waals surface area contributed by atoms with Crippen molar-refractivity contribution in [2.75, 3.05) is 6.67 Å². The average Bonchev–Trinajstić information content (AvgIpc) is 1.87. The number of nitrogens with zero attached hydrogens (tertiary/aromatic N) is 1. The van der Waals surface area contributed by atoms with Crippen LogP contribution in [0, 0.1) is 0 Å². The fourth-order valence-corrected chi connectivity index (χ4v) is 0.881. The van der Waals surface area contributed by atoms with E-state index in [1.807, 2.05) is 6.92 Å². The first-order valence-corrected chi connectivity index (χ1v) is 4.01. The highest BCUT2D eigenvalue weighted by Gasteiger charge is 1.91. The van der Waals surface area contributed by atoms with Gasteiger partial charge in [-0.15, -0.1) is 6.58 Å². The maximum Gasteiger partial charge on any atom is 0.0858 e. The van der Waals surface area contributed by atoms with E-state index in [2.05, 4.69) is 18.5 Å². The van der Waals surface area contributed by atoms with Crippen molar-refractivity contribution in [3.05, 3.63) is 12.2 Å². The van der Waals surface area contributed by atoms with Gasteiger partial charge < -0.3 is 5.73 Å². The molecule has 0 aliphatic heterocycles. The zero-order chi connectivity index (χ0) is 8.69. The van der Waals surface area contributed by atoms with Gasteiger partial charge in [-0.3, -0.25) is 4.99 Å². The molecule has 2 heteroatoms. The Morgan fingerprint density at radius 1 is 1.36 bits per heavy atom. The maximum atomic E-state index is 5.26. The highest BCUT2D eigenvalue weighted by atomic mass is 14.9. The molecular weight excluding hydrogens is 136 g/mol. The van der Waals surface area contributed by atoms with Gasteiger partial charge in [-0.05, 0) is 33.1 Å². The summed E-state index contributed by atoms with van der Waals surface area (Å²) in [5.41, 5.74) is 7.64. The largest absolute Gasteiger partial charge is 0.312 e. The van der Waals surface area contributed by atoms with Gasteiger partial charge >= 0.3 is 0 Å². The minimum Gasteiger partial charge on any atom is -0.312 e. The molecular formula is C9H18N2. The van der Waals surface area contributed by atoms with E-state index in [9.17, 15) is 0 Å². The number of aliphatic imine (C=N–C) groups is 1. The summed E-state index contributed by atoms with van der Waals surface area (Å²) in [5.74, 6) is 0. The summed E-state index contributed by atoms with van der Waals surface area (Å²) >= 11 is 0. The second-order valence-corrected chi connectivity index (χ2v) is 2.89. The van der Waals surface area contributed by atoms with Gasteiger partial charge in [-0.2, -0.15) is 0 Å². The topological polar surface area (TPSA) is 38.4 Å². The standard InChI is InChI=1S/C9H18N2/c1-8(2)5-4-6-9(3)11-7-10/h1,4-7,10H2,2-3H3/b11-9+. The first-order chi connectivity index (χ1) is 5.16. The van der Waals surface area contributed by atoms with Gasteiger partial charge in [0.05, 0.1) is 6.67 Å². The summed E-state index contributed by atoms with van der Waals surface area (Å²) in [7, 11) is 0. The molecule has 0 aromatic rings. The summed E-state index contributed by atoms with van der Waals surface area (Å²) in [6.07, 6.45) is 3.28. The normalized spacial score (nSPS) is 11.7. The van der Waals surface area contributed by atoms with Crippen LogP contribution in [0.3, 0.4) is 0 Å². The summed E-state index contributed by atoms with van der Waals surface area (Å²) in [6.45, 7) is 8.32. The molecule has 0 saturated heterocycles. The van der Waals surface area contributed by atoms with Crippen LogP contribution in [0.15, 0.2) is 17.1 Å². The Kier molecular flexibility index (Phi) is 5.75. The lowest BCUT2D eigenvalue weighted by Crippen LogP contribution is -2.00. The fraction of sp³-hybridized carbons (Fsp3) is 0.667. The fourth-order valence-electron chi connectivity index (χ4n) is 0.881.